The van der Waals surface area contributed by atoms with Crippen molar-refractivity contribution in [1.82, 2.24) is 15.0 Å². The van der Waals surface area contributed by atoms with E-state index >= 15 is 0 Å². The van der Waals surface area contributed by atoms with Crippen LogP contribution in [0, 0.1) is 0 Å². The van der Waals surface area contributed by atoms with Crippen molar-refractivity contribution >= 4 is 17.9 Å². The molecular weight excluding hydrogens is 332 g/mol. The fraction of sp³-hybridized carbons (Fsp3) is 0.263. The topological polar surface area (TPSA) is 96.6 Å². The molecule has 0 radical (unpaired) electrons. The van der Waals surface area contributed by atoms with Crippen molar-refractivity contribution in [2.45, 2.75) is 32.7 Å². The number of rotatable bonds is 5. The van der Waals surface area contributed by atoms with Gasteiger partial charge in [0.25, 0.3) is 5.56 Å². The number of hydrogen-bond donors (Lipinski definition) is 2. The molecule has 1 aromatic carbocycles. The van der Waals surface area contributed by atoms with Crippen LogP contribution in [0.5, 0.6) is 0 Å². The summed E-state index contributed by atoms with van der Waals surface area (Å²) in [5.41, 5.74) is 3.97. The molecule has 2 N–H and O–H groups in total. The largest absolute Gasteiger partial charge is 0.477 e. The molecule has 0 bridgehead atoms. The van der Waals surface area contributed by atoms with Gasteiger partial charge in [0.15, 0.2) is 5.82 Å². The van der Waals surface area contributed by atoms with Gasteiger partial charge in [0, 0.05) is 6.04 Å². The monoisotopic (exact) mass is 352 g/mol. The van der Waals surface area contributed by atoms with Crippen molar-refractivity contribution in [2.75, 3.05) is 0 Å². The van der Waals surface area contributed by atoms with Crippen LogP contribution >= 0.6 is 0 Å². The van der Waals surface area contributed by atoms with E-state index in [4.69, 9.17) is 0 Å². The summed E-state index contributed by atoms with van der Waals surface area (Å²) in [4.78, 5) is 28.7. The Balaban J connectivity index is 1.99. The van der Waals surface area contributed by atoms with Gasteiger partial charge in [0.1, 0.15) is 5.56 Å². The standard InChI is InChI=1S/C19H20N4O3/c1-3-14-16(19(25)26)18(24)23-12(2)9-10-15(17(23)21-14)22-20-11-13-7-5-4-6-8-13/h4-8,10-12,22H,3,9H2,1-2H3,(H,25,26). The number of aromatic carboxylic acids is 1. The number of aryl methyl sites for hydroxylation is 1. The molecule has 7 nitrogen and oxygen atoms in total. The second-order valence-corrected chi connectivity index (χ2v) is 6.07. The van der Waals surface area contributed by atoms with Crippen LogP contribution in [0.1, 0.15) is 53.7 Å². The number of benzene rings is 1. The third-order valence-electron chi connectivity index (χ3n) is 4.28. The molecule has 3 rings (SSSR count). The fourth-order valence-corrected chi connectivity index (χ4v) is 2.94. The zero-order valence-corrected chi connectivity index (χ0v) is 14.6. The number of carboxylic acids is 1. The average Bonchev–Trinajstić information content (AvgIpc) is 2.63. The van der Waals surface area contributed by atoms with Crippen molar-refractivity contribution in [3.63, 3.8) is 0 Å². The summed E-state index contributed by atoms with van der Waals surface area (Å²) >= 11 is 0. The van der Waals surface area contributed by atoms with Gasteiger partial charge in [-0.15, -0.1) is 0 Å². The Morgan fingerprint density at radius 1 is 1.42 bits per heavy atom. The molecule has 26 heavy (non-hydrogen) atoms. The number of allylic oxidation sites excluding steroid dienone is 1. The normalized spacial score (nSPS) is 16.2. The van der Waals surface area contributed by atoms with Gasteiger partial charge in [-0.05, 0) is 25.3 Å². The quantitative estimate of drug-likeness (QED) is 0.636. The molecule has 1 aliphatic heterocycles. The molecule has 134 valence electrons. The Bertz CT molecular complexity index is 945. The third kappa shape index (κ3) is 3.28. The van der Waals surface area contributed by atoms with Crippen molar-refractivity contribution in [3.05, 3.63) is 69.4 Å². The Kier molecular flexibility index (Phi) is 4.97. The minimum absolute atomic E-state index is 0.169. The molecule has 7 heteroatoms. The number of fused-ring (bicyclic) bond motifs is 1. The van der Waals surface area contributed by atoms with Gasteiger partial charge in [0.2, 0.25) is 0 Å². The Labute approximate surface area is 150 Å². The predicted octanol–water partition coefficient (Wildman–Crippen LogP) is 2.43. The van der Waals surface area contributed by atoms with Crippen LogP contribution < -0.4 is 11.0 Å². The van der Waals surface area contributed by atoms with Crippen LogP contribution in [-0.2, 0) is 6.42 Å². The van der Waals surface area contributed by atoms with Gasteiger partial charge < -0.3 is 5.11 Å². The summed E-state index contributed by atoms with van der Waals surface area (Å²) in [7, 11) is 0. The van der Waals surface area contributed by atoms with Gasteiger partial charge in [-0.3, -0.25) is 14.8 Å². The molecule has 2 aromatic rings. The average molecular weight is 352 g/mol. The number of hydrazone groups is 1. The molecule has 0 aliphatic carbocycles. The van der Waals surface area contributed by atoms with Crippen molar-refractivity contribution in [2.24, 2.45) is 5.10 Å². The lowest BCUT2D eigenvalue weighted by molar-refractivity contribution is 0.0692. The number of carboxylic acid groups (broad SMARTS) is 1. The molecule has 0 fully saturated rings. The summed E-state index contributed by atoms with van der Waals surface area (Å²) in [6.45, 7) is 3.65. The van der Waals surface area contributed by atoms with Crippen LogP contribution in [0.4, 0.5) is 0 Å². The summed E-state index contributed by atoms with van der Waals surface area (Å²) in [6.07, 6.45) is 4.55. The maximum Gasteiger partial charge on any atom is 0.343 e. The van der Waals surface area contributed by atoms with Crippen molar-refractivity contribution < 1.29 is 9.90 Å². The number of hydrogen-bond acceptors (Lipinski definition) is 5. The van der Waals surface area contributed by atoms with Crippen LogP contribution in [0.3, 0.4) is 0 Å². The van der Waals surface area contributed by atoms with Gasteiger partial charge in [-0.1, -0.05) is 43.3 Å². The lowest BCUT2D eigenvalue weighted by Gasteiger charge is -2.25. The van der Waals surface area contributed by atoms with E-state index in [-0.39, 0.29) is 17.3 Å². The van der Waals surface area contributed by atoms with Gasteiger partial charge in [-0.2, -0.15) is 5.10 Å². The zero-order valence-electron chi connectivity index (χ0n) is 14.6. The maximum absolute atomic E-state index is 12.7. The number of aromatic nitrogens is 2. The van der Waals surface area contributed by atoms with Gasteiger partial charge in [0.05, 0.1) is 17.6 Å². The number of nitrogens with one attached hydrogen (secondary N) is 1. The van der Waals surface area contributed by atoms with E-state index < -0.39 is 11.5 Å². The van der Waals surface area contributed by atoms with E-state index in [1.54, 1.807) is 13.1 Å². The summed E-state index contributed by atoms with van der Waals surface area (Å²) < 4.78 is 1.43. The zero-order chi connectivity index (χ0) is 18.7. The molecular formula is C19H20N4O3. The van der Waals surface area contributed by atoms with Gasteiger partial charge in [-0.25, -0.2) is 9.78 Å². The van der Waals surface area contributed by atoms with Gasteiger partial charge >= 0.3 is 5.97 Å². The Morgan fingerprint density at radius 3 is 2.81 bits per heavy atom. The molecule has 1 unspecified atom stereocenters. The highest BCUT2D eigenvalue weighted by atomic mass is 16.4. The highest BCUT2D eigenvalue weighted by molar-refractivity contribution is 5.88. The lowest BCUT2D eigenvalue weighted by atomic mass is 10.1. The highest BCUT2D eigenvalue weighted by Gasteiger charge is 2.27. The van der Waals surface area contributed by atoms with Crippen LogP contribution in [-0.4, -0.2) is 26.8 Å². The van der Waals surface area contributed by atoms with E-state index in [1.807, 2.05) is 43.3 Å². The molecule has 1 atom stereocenters. The van der Waals surface area contributed by atoms with E-state index in [9.17, 15) is 14.7 Å². The van der Waals surface area contributed by atoms with Crippen LogP contribution in [0.25, 0.3) is 5.70 Å². The Morgan fingerprint density at radius 2 is 2.15 bits per heavy atom. The molecule has 1 aliphatic rings. The van der Waals surface area contributed by atoms with Crippen LogP contribution in [0.15, 0.2) is 46.3 Å². The number of nitrogens with zero attached hydrogens (tertiary/aromatic N) is 3. The smallest absolute Gasteiger partial charge is 0.343 e. The summed E-state index contributed by atoms with van der Waals surface area (Å²) in [5, 5.41) is 13.6. The first-order chi connectivity index (χ1) is 12.5. The first-order valence-corrected chi connectivity index (χ1v) is 8.46. The van der Waals surface area contributed by atoms with E-state index in [0.717, 1.165) is 5.56 Å². The molecule has 1 aromatic heterocycles. The molecule has 0 saturated carbocycles. The Hall–Kier alpha value is -3.22. The van der Waals surface area contributed by atoms with Crippen molar-refractivity contribution in [1.29, 1.82) is 0 Å². The molecule has 2 heterocycles. The maximum atomic E-state index is 12.7. The summed E-state index contributed by atoms with van der Waals surface area (Å²) in [5.74, 6) is -0.825. The van der Waals surface area contributed by atoms with E-state index in [0.29, 0.717) is 24.4 Å². The van der Waals surface area contributed by atoms with E-state index in [1.165, 1.54) is 4.57 Å². The highest BCUT2D eigenvalue weighted by Crippen LogP contribution is 2.24. The van der Waals surface area contributed by atoms with Crippen molar-refractivity contribution in [3.8, 4) is 0 Å². The second kappa shape index (κ2) is 7.35. The second-order valence-electron chi connectivity index (χ2n) is 6.07. The lowest BCUT2D eigenvalue weighted by Crippen LogP contribution is -2.36. The minimum Gasteiger partial charge on any atom is -0.477 e. The fourth-order valence-electron chi connectivity index (χ4n) is 2.94. The first kappa shape index (κ1) is 17.6. The van der Waals surface area contributed by atoms with E-state index in [2.05, 4.69) is 15.5 Å². The first-order valence-electron chi connectivity index (χ1n) is 8.46. The number of carbonyl (C=O) groups is 1. The van der Waals surface area contributed by atoms with Crippen LogP contribution in [0.2, 0.25) is 0 Å². The SMILES string of the molecule is CCc1nc2n(c(=O)c1C(=O)O)C(C)CC=C2NN=Cc1ccccc1. The minimum atomic E-state index is -1.24. The molecule has 0 amide bonds. The predicted molar refractivity (Wildman–Crippen MR) is 99.3 cm³/mol. The molecule has 0 saturated heterocycles. The summed E-state index contributed by atoms with van der Waals surface area (Å²) in [6, 6.07) is 9.44. The third-order valence-corrected chi connectivity index (χ3v) is 4.28. The molecule has 0 spiro atoms.